The van der Waals surface area contributed by atoms with Crippen LogP contribution in [-0.2, 0) is 9.59 Å². The fourth-order valence-corrected chi connectivity index (χ4v) is 3.04. The molecule has 1 aromatic carbocycles. The van der Waals surface area contributed by atoms with Crippen molar-refractivity contribution in [3.8, 4) is 11.5 Å². The van der Waals surface area contributed by atoms with E-state index < -0.39 is 6.61 Å². The van der Waals surface area contributed by atoms with Crippen LogP contribution in [0.4, 0.5) is 8.78 Å². The number of halogens is 2. The number of nitrogens with zero attached hydrogens (tertiary/aromatic N) is 2. The first-order chi connectivity index (χ1) is 14.1. The van der Waals surface area contributed by atoms with E-state index in [9.17, 15) is 18.4 Å². The van der Waals surface area contributed by atoms with Crippen LogP contribution in [0.1, 0.15) is 26.3 Å². The molecule has 0 aromatic heterocycles. The number of alkyl halides is 2. The van der Waals surface area contributed by atoms with Crippen molar-refractivity contribution in [3.63, 3.8) is 0 Å². The van der Waals surface area contributed by atoms with Crippen molar-refractivity contribution in [2.75, 3.05) is 39.8 Å². The highest BCUT2D eigenvalue weighted by Gasteiger charge is 2.22. The molecule has 9 heteroatoms. The van der Waals surface area contributed by atoms with E-state index in [1.54, 1.807) is 17.0 Å². The van der Waals surface area contributed by atoms with Gasteiger partial charge in [0.15, 0.2) is 11.5 Å². The number of rotatable bonds is 7. The molecule has 0 unspecified atom stereocenters. The second-order valence-corrected chi connectivity index (χ2v) is 8.02. The van der Waals surface area contributed by atoms with Crippen molar-refractivity contribution in [2.24, 2.45) is 0 Å². The summed E-state index contributed by atoms with van der Waals surface area (Å²) in [6.45, 7) is 5.44. The molecule has 30 heavy (non-hydrogen) atoms. The number of methoxy groups -OCH3 is 1. The number of benzene rings is 1. The highest BCUT2D eigenvalue weighted by atomic mass is 19.3. The van der Waals surface area contributed by atoms with E-state index >= 15 is 0 Å². The molecule has 0 aliphatic carbocycles. The summed E-state index contributed by atoms with van der Waals surface area (Å²) in [4.78, 5) is 28.2. The summed E-state index contributed by atoms with van der Waals surface area (Å²) in [5.41, 5.74) is 0.353. The largest absolute Gasteiger partial charge is 0.493 e. The zero-order valence-corrected chi connectivity index (χ0v) is 17.8. The van der Waals surface area contributed by atoms with Gasteiger partial charge in [-0.1, -0.05) is 6.07 Å². The van der Waals surface area contributed by atoms with E-state index in [-0.39, 0.29) is 28.9 Å². The lowest BCUT2D eigenvalue weighted by atomic mass is 10.1. The van der Waals surface area contributed by atoms with Gasteiger partial charge in [-0.2, -0.15) is 8.78 Å². The summed E-state index contributed by atoms with van der Waals surface area (Å²) < 4.78 is 34.2. The predicted octanol–water partition coefficient (Wildman–Crippen LogP) is 2.37. The number of carbonyl (C=O) groups excluding carboxylic acids is 2. The number of amides is 2. The predicted molar refractivity (Wildman–Crippen MR) is 110 cm³/mol. The van der Waals surface area contributed by atoms with Crippen LogP contribution in [0.5, 0.6) is 11.5 Å². The van der Waals surface area contributed by atoms with Gasteiger partial charge in [0, 0.05) is 37.8 Å². The molecule has 0 radical (unpaired) electrons. The summed E-state index contributed by atoms with van der Waals surface area (Å²) in [5.74, 6) is -0.0919. The Morgan fingerprint density at radius 3 is 2.40 bits per heavy atom. The van der Waals surface area contributed by atoms with Crippen molar-refractivity contribution < 1.29 is 27.8 Å². The van der Waals surface area contributed by atoms with Gasteiger partial charge >= 0.3 is 6.61 Å². The van der Waals surface area contributed by atoms with Gasteiger partial charge in [0.05, 0.1) is 13.7 Å². The Labute approximate surface area is 175 Å². The van der Waals surface area contributed by atoms with Crippen LogP contribution >= 0.6 is 0 Å². The molecule has 1 saturated heterocycles. The Balaban J connectivity index is 1.87. The van der Waals surface area contributed by atoms with Crippen LogP contribution in [0, 0.1) is 0 Å². The molecule has 0 spiro atoms. The molecule has 2 amide bonds. The lowest BCUT2D eigenvalue weighted by molar-refractivity contribution is -0.128. The van der Waals surface area contributed by atoms with Gasteiger partial charge in [-0.3, -0.25) is 14.5 Å². The summed E-state index contributed by atoms with van der Waals surface area (Å²) >= 11 is 0. The molecule has 1 aromatic rings. The van der Waals surface area contributed by atoms with Gasteiger partial charge in [-0.05, 0) is 44.5 Å². The molecule has 166 valence electrons. The maximum Gasteiger partial charge on any atom is 0.387 e. The molecular weight excluding hydrogens is 396 g/mol. The third-order valence-electron chi connectivity index (χ3n) is 4.39. The van der Waals surface area contributed by atoms with Crippen molar-refractivity contribution >= 4 is 17.9 Å². The van der Waals surface area contributed by atoms with Gasteiger partial charge in [0.1, 0.15) is 0 Å². The van der Waals surface area contributed by atoms with E-state index in [1.165, 1.54) is 25.3 Å². The van der Waals surface area contributed by atoms with Crippen molar-refractivity contribution in [3.05, 3.63) is 29.8 Å². The van der Waals surface area contributed by atoms with E-state index in [2.05, 4.69) is 10.1 Å². The lowest BCUT2D eigenvalue weighted by Gasteiger charge is -2.34. The average Bonchev–Trinajstić information content (AvgIpc) is 2.65. The highest BCUT2D eigenvalue weighted by Crippen LogP contribution is 2.29. The first kappa shape index (κ1) is 23.6. The second kappa shape index (κ2) is 10.4. The Bertz CT molecular complexity index is 770. The maximum absolute atomic E-state index is 12.4. The van der Waals surface area contributed by atoms with E-state index in [0.717, 1.165) is 0 Å². The molecule has 0 atom stereocenters. The van der Waals surface area contributed by atoms with Crippen LogP contribution in [0.2, 0.25) is 0 Å². The summed E-state index contributed by atoms with van der Waals surface area (Å²) in [5, 5.41) is 2.93. The quantitative estimate of drug-likeness (QED) is 0.680. The minimum Gasteiger partial charge on any atom is -0.493 e. The highest BCUT2D eigenvalue weighted by molar-refractivity contribution is 5.92. The maximum atomic E-state index is 12.4. The molecule has 2 rings (SSSR count). The minimum atomic E-state index is -2.94. The Kier molecular flexibility index (Phi) is 8.16. The normalized spacial score (nSPS) is 15.5. The standard InChI is InChI=1S/C21H29F2N3O4/c1-21(2,3)24-18(27)14-25-9-11-26(12-10-25)19(28)8-6-15-5-7-16(30-20(22)23)17(13-15)29-4/h5-8,13,20H,9-12,14H2,1-4H3,(H,24,27)/b8-6+. The number of ether oxygens (including phenoxy) is 2. The van der Waals surface area contributed by atoms with Crippen molar-refractivity contribution in [1.82, 2.24) is 15.1 Å². The monoisotopic (exact) mass is 425 g/mol. The third-order valence-corrected chi connectivity index (χ3v) is 4.39. The van der Waals surface area contributed by atoms with Gasteiger partial charge in [0.2, 0.25) is 11.8 Å². The van der Waals surface area contributed by atoms with Crippen molar-refractivity contribution in [2.45, 2.75) is 32.9 Å². The molecule has 1 aliphatic heterocycles. The second-order valence-electron chi connectivity index (χ2n) is 8.02. The zero-order chi connectivity index (χ0) is 22.3. The van der Waals surface area contributed by atoms with Crippen LogP contribution < -0.4 is 14.8 Å². The molecule has 1 aliphatic rings. The minimum absolute atomic E-state index is 0.0320. The van der Waals surface area contributed by atoms with Gasteiger partial charge in [-0.25, -0.2) is 0 Å². The summed E-state index contributed by atoms with van der Waals surface area (Å²) in [6, 6.07) is 4.46. The van der Waals surface area contributed by atoms with Crippen molar-refractivity contribution in [1.29, 1.82) is 0 Å². The molecule has 1 heterocycles. The molecule has 0 saturated carbocycles. The SMILES string of the molecule is COc1cc(/C=C/C(=O)N2CCN(CC(=O)NC(C)(C)C)CC2)ccc1OC(F)F. The van der Waals surface area contributed by atoms with Crippen LogP contribution in [0.3, 0.4) is 0 Å². The number of piperazine rings is 1. The molecule has 7 nitrogen and oxygen atoms in total. The summed E-state index contributed by atoms with van der Waals surface area (Å²) in [6.07, 6.45) is 3.03. The zero-order valence-electron chi connectivity index (χ0n) is 17.8. The smallest absolute Gasteiger partial charge is 0.387 e. The number of nitrogens with one attached hydrogen (secondary N) is 1. The van der Waals surface area contributed by atoms with Gasteiger partial charge in [-0.15, -0.1) is 0 Å². The van der Waals surface area contributed by atoms with E-state index in [0.29, 0.717) is 38.3 Å². The Morgan fingerprint density at radius 1 is 1.17 bits per heavy atom. The first-order valence-electron chi connectivity index (χ1n) is 9.70. The molecule has 0 bridgehead atoms. The molecule has 1 fully saturated rings. The first-order valence-corrected chi connectivity index (χ1v) is 9.70. The number of carbonyl (C=O) groups is 2. The van der Waals surface area contributed by atoms with Crippen LogP contribution in [-0.4, -0.2) is 73.6 Å². The summed E-state index contributed by atoms with van der Waals surface area (Å²) in [7, 11) is 1.35. The fraction of sp³-hybridized carbons (Fsp3) is 0.524. The Morgan fingerprint density at radius 2 is 1.83 bits per heavy atom. The number of hydrogen-bond acceptors (Lipinski definition) is 5. The Hall–Kier alpha value is -2.68. The number of hydrogen-bond donors (Lipinski definition) is 1. The third kappa shape index (κ3) is 7.62. The fourth-order valence-electron chi connectivity index (χ4n) is 3.04. The molecular formula is C21H29F2N3O4. The van der Waals surface area contributed by atoms with Gasteiger partial charge in [0.25, 0.3) is 0 Å². The average molecular weight is 425 g/mol. The van der Waals surface area contributed by atoms with Crippen LogP contribution in [0.15, 0.2) is 24.3 Å². The van der Waals surface area contributed by atoms with Gasteiger partial charge < -0.3 is 19.7 Å². The molecule has 1 N–H and O–H groups in total. The van der Waals surface area contributed by atoms with Crippen LogP contribution in [0.25, 0.3) is 6.08 Å². The topological polar surface area (TPSA) is 71.1 Å². The van der Waals surface area contributed by atoms with E-state index in [1.807, 2.05) is 25.7 Å². The van der Waals surface area contributed by atoms with E-state index in [4.69, 9.17) is 4.74 Å². The lowest BCUT2D eigenvalue weighted by Crippen LogP contribution is -2.52.